The highest BCUT2D eigenvalue weighted by atomic mass is 79.9. The number of hydrogen-bond donors (Lipinski definition) is 0. The number of carbonyl (C=O) groups is 1. The molecule has 0 saturated heterocycles. The quantitative estimate of drug-likeness (QED) is 0.493. The molecule has 0 atom stereocenters. The molecule has 1 aliphatic heterocycles. The van der Waals surface area contributed by atoms with E-state index in [0.29, 0.717) is 6.61 Å². The molecule has 3 heteroatoms. The highest BCUT2D eigenvalue weighted by Crippen LogP contribution is 1.89. The normalized spacial score (nSPS) is 15.7. The van der Waals surface area contributed by atoms with Crippen molar-refractivity contribution in [2.45, 2.75) is 0 Å². The van der Waals surface area contributed by atoms with Gasteiger partial charge in [0.15, 0.2) is 0 Å². The van der Waals surface area contributed by atoms with E-state index in [4.69, 9.17) is 0 Å². The van der Waals surface area contributed by atoms with Gasteiger partial charge in [0.05, 0.1) is 0 Å². The molecule has 0 N–H and O–H groups in total. The van der Waals surface area contributed by atoms with Gasteiger partial charge in [-0.3, -0.25) is 0 Å². The Morgan fingerprint density at radius 1 is 1.71 bits per heavy atom. The van der Waals surface area contributed by atoms with Gasteiger partial charge in [-0.1, -0.05) is 0 Å². The van der Waals surface area contributed by atoms with Gasteiger partial charge in [-0.05, 0) is 6.08 Å². The molecule has 0 fully saturated rings. The smallest absolute Gasteiger partial charge is 0.330 e. The van der Waals surface area contributed by atoms with E-state index in [2.05, 4.69) is 4.74 Å². The first-order valence-electron chi connectivity index (χ1n) is 1.73. The topological polar surface area (TPSA) is 26.3 Å². The van der Waals surface area contributed by atoms with Crippen molar-refractivity contribution >= 4 is 23.0 Å². The van der Waals surface area contributed by atoms with Crippen LogP contribution in [0, 0.1) is 0 Å². The predicted molar refractivity (Wildman–Crippen MR) is 30.4 cm³/mol. The van der Waals surface area contributed by atoms with E-state index in [1.807, 2.05) is 0 Å². The minimum atomic E-state index is -0.227. The van der Waals surface area contributed by atoms with E-state index in [-0.39, 0.29) is 23.0 Å². The van der Waals surface area contributed by atoms with Crippen molar-refractivity contribution in [3.8, 4) is 0 Å². The molecule has 2 nitrogen and oxygen atoms in total. The maximum Gasteiger partial charge on any atom is 0.330 e. The van der Waals surface area contributed by atoms with Crippen molar-refractivity contribution < 1.29 is 9.53 Å². The molecule has 0 aromatic rings. The van der Waals surface area contributed by atoms with Crippen LogP contribution in [0.3, 0.4) is 0 Å². The number of cyclic esters (lactones) is 1. The zero-order valence-electron chi connectivity index (χ0n) is 3.59. The lowest BCUT2D eigenvalue weighted by molar-refractivity contribution is -0.134. The first kappa shape index (κ1) is 6.69. The van der Waals surface area contributed by atoms with Gasteiger partial charge in [-0.15, -0.1) is 17.0 Å². The van der Waals surface area contributed by atoms with E-state index in [9.17, 15) is 4.79 Å². The molecule has 0 aromatic heterocycles. The lowest BCUT2D eigenvalue weighted by Crippen LogP contribution is -1.89. The molecule has 0 aromatic carbocycles. The van der Waals surface area contributed by atoms with Crippen LogP contribution in [-0.2, 0) is 9.53 Å². The third kappa shape index (κ3) is 1.73. The summed E-state index contributed by atoms with van der Waals surface area (Å²) in [6, 6.07) is 0. The van der Waals surface area contributed by atoms with Crippen molar-refractivity contribution in [1.29, 1.82) is 0 Å². The van der Waals surface area contributed by atoms with Crippen molar-refractivity contribution in [2.75, 3.05) is 6.61 Å². The molecule has 0 amide bonds. The second-order valence-corrected chi connectivity index (χ2v) is 1.03. The fourth-order valence-electron chi connectivity index (χ4n) is 0.323. The van der Waals surface area contributed by atoms with Crippen molar-refractivity contribution in [2.24, 2.45) is 0 Å². The van der Waals surface area contributed by atoms with Crippen molar-refractivity contribution in [3.05, 3.63) is 12.2 Å². The van der Waals surface area contributed by atoms with Crippen molar-refractivity contribution in [1.82, 2.24) is 0 Å². The average Bonchev–Trinajstić information content (AvgIpc) is 1.86. The van der Waals surface area contributed by atoms with Crippen LogP contribution in [-0.4, -0.2) is 12.6 Å². The largest absolute Gasteiger partial charge is 0.458 e. The van der Waals surface area contributed by atoms with Crippen LogP contribution in [0.1, 0.15) is 0 Å². The Hall–Kier alpha value is -0.310. The molecule has 0 unspecified atom stereocenters. The average molecular weight is 165 g/mol. The molecular formula is C4H5BrO2. The summed E-state index contributed by atoms with van der Waals surface area (Å²) in [5, 5.41) is 0. The van der Waals surface area contributed by atoms with Gasteiger partial charge in [0.2, 0.25) is 0 Å². The molecule has 40 valence electrons. The number of esters is 1. The standard InChI is InChI=1S/C4H4O2.BrH/c5-4-2-1-3-6-4;/h1-2H,3H2;1H. The van der Waals surface area contributed by atoms with E-state index in [1.165, 1.54) is 6.08 Å². The Balaban J connectivity index is 0.000000360. The fourth-order valence-corrected chi connectivity index (χ4v) is 0.323. The van der Waals surface area contributed by atoms with Gasteiger partial charge in [0.1, 0.15) is 6.61 Å². The first-order chi connectivity index (χ1) is 2.89. The summed E-state index contributed by atoms with van der Waals surface area (Å²) >= 11 is 0. The van der Waals surface area contributed by atoms with Crippen LogP contribution >= 0.6 is 17.0 Å². The summed E-state index contributed by atoms with van der Waals surface area (Å²) in [5.41, 5.74) is 0. The molecule has 7 heavy (non-hydrogen) atoms. The molecule has 1 aliphatic rings. The summed E-state index contributed by atoms with van der Waals surface area (Å²) in [7, 11) is 0. The molecular weight excluding hydrogens is 160 g/mol. The Labute approximate surface area is 51.9 Å². The summed E-state index contributed by atoms with van der Waals surface area (Å²) in [6.07, 6.45) is 3.10. The Kier molecular flexibility index (Phi) is 2.67. The summed E-state index contributed by atoms with van der Waals surface area (Å²) in [5.74, 6) is -0.227. The summed E-state index contributed by atoms with van der Waals surface area (Å²) in [6.45, 7) is 0.457. The molecule has 0 saturated carbocycles. The Morgan fingerprint density at radius 3 is 2.57 bits per heavy atom. The van der Waals surface area contributed by atoms with Crippen LogP contribution in [0.15, 0.2) is 12.2 Å². The second-order valence-electron chi connectivity index (χ2n) is 1.03. The number of halogens is 1. The second kappa shape index (κ2) is 2.80. The Bertz CT molecular complexity index is 97.9. The molecule has 1 heterocycles. The molecule has 0 radical (unpaired) electrons. The maximum atomic E-state index is 9.93. The monoisotopic (exact) mass is 164 g/mol. The van der Waals surface area contributed by atoms with Gasteiger partial charge < -0.3 is 4.74 Å². The van der Waals surface area contributed by atoms with E-state index in [0.717, 1.165) is 0 Å². The van der Waals surface area contributed by atoms with Crippen LogP contribution < -0.4 is 0 Å². The number of ether oxygens (including phenoxy) is 1. The van der Waals surface area contributed by atoms with Gasteiger partial charge >= 0.3 is 5.97 Å². The summed E-state index contributed by atoms with van der Waals surface area (Å²) < 4.78 is 4.40. The molecule has 0 bridgehead atoms. The zero-order valence-corrected chi connectivity index (χ0v) is 5.30. The van der Waals surface area contributed by atoms with Crippen LogP contribution in [0.4, 0.5) is 0 Å². The van der Waals surface area contributed by atoms with Crippen LogP contribution in [0.25, 0.3) is 0 Å². The number of carbonyl (C=O) groups excluding carboxylic acids is 1. The van der Waals surface area contributed by atoms with Gasteiger partial charge in [-0.25, -0.2) is 4.79 Å². The zero-order chi connectivity index (χ0) is 4.41. The van der Waals surface area contributed by atoms with E-state index in [1.54, 1.807) is 6.08 Å². The third-order valence-corrected chi connectivity index (χ3v) is 0.576. The maximum absolute atomic E-state index is 9.93. The minimum absolute atomic E-state index is 0. The fraction of sp³-hybridized carbons (Fsp3) is 0.250. The van der Waals surface area contributed by atoms with Gasteiger partial charge in [0.25, 0.3) is 0 Å². The predicted octanol–water partition coefficient (Wildman–Crippen LogP) is 0.677. The highest BCUT2D eigenvalue weighted by molar-refractivity contribution is 8.93. The summed E-state index contributed by atoms with van der Waals surface area (Å²) in [4.78, 5) is 9.93. The first-order valence-corrected chi connectivity index (χ1v) is 1.73. The molecule has 0 spiro atoms. The van der Waals surface area contributed by atoms with Crippen LogP contribution in [0.2, 0.25) is 0 Å². The SMILES string of the molecule is Br.O=C1C=CCO1. The lowest BCUT2D eigenvalue weighted by atomic mass is 10.6. The molecule has 0 aliphatic carbocycles. The van der Waals surface area contributed by atoms with E-state index < -0.39 is 0 Å². The van der Waals surface area contributed by atoms with Crippen molar-refractivity contribution in [3.63, 3.8) is 0 Å². The van der Waals surface area contributed by atoms with Gasteiger partial charge in [-0.2, -0.15) is 0 Å². The van der Waals surface area contributed by atoms with Crippen LogP contribution in [0.5, 0.6) is 0 Å². The molecule has 1 rings (SSSR count). The third-order valence-electron chi connectivity index (χ3n) is 0.576. The lowest BCUT2D eigenvalue weighted by Gasteiger charge is -1.81. The van der Waals surface area contributed by atoms with Gasteiger partial charge in [0, 0.05) is 6.08 Å². The number of hydrogen-bond acceptors (Lipinski definition) is 2. The minimum Gasteiger partial charge on any atom is -0.458 e. The number of rotatable bonds is 0. The van der Waals surface area contributed by atoms with E-state index >= 15 is 0 Å². The Morgan fingerprint density at radius 2 is 2.43 bits per heavy atom. The highest BCUT2D eigenvalue weighted by Gasteiger charge is 1.98.